The van der Waals surface area contributed by atoms with E-state index in [4.69, 9.17) is 4.74 Å². The number of carboxylic acids is 1. The van der Waals surface area contributed by atoms with E-state index >= 15 is 0 Å². The Balaban J connectivity index is 2.01. The van der Waals surface area contributed by atoms with Crippen molar-refractivity contribution < 1.29 is 24.0 Å². The van der Waals surface area contributed by atoms with E-state index in [1.807, 2.05) is 74.9 Å². The van der Waals surface area contributed by atoms with Gasteiger partial charge in [0.1, 0.15) is 25.9 Å². The highest BCUT2D eigenvalue weighted by atomic mass is 16.5. The molecule has 7 heteroatoms. The largest absolute Gasteiger partial charge is 0.482 e. The summed E-state index contributed by atoms with van der Waals surface area (Å²) in [5, 5.41) is 12.9. The quantitative estimate of drug-likeness (QED) is 0.669. The van der Waals surface area contributed by atoms with Crippen LogP contribution in [0.4, 0.5) is 5.69 Å². The summed E-state index contributed by atoms with van der Waals surface area (Å²) in [4.78, 5) is 27.0. The van der Waals surface area contributed by atoms with Gasteiger partial charge in [0.2, 0.25) is 0 Å². The number of nitrogens with one attached hydrogen (secondary N) is 1. The molecule has 0 fully saturated rings. The van der Waals surface area contributed by atoms with Gasteiger partial charge in [-0.3, -0.25) is 4.79 Å². The summed E-state index contributed by atoms with van der Waals surface area (Å²) in [5.41, 5.74) is 4.94. The fourth-order valence-electron chi connectivity index (χ4n) is 4.44. The van der Waals surface area contributed by atoms with Crippen molar-refractivity contribution in [1.29, 1.82) is 0 Å². The summed E-state index contributed by atoms with van der Waals surface area (Å²) in [6, 6.07) is 10.8. The molecule has 0 aromatic heterocycles. The van der Waals surface area contributed by atoms with Crippen molar-refractivity contribution in [2.24, 2.45) is 0 Å². The van der Waals surface area contributed by atoms with Crippen LogP contribution in [0.5, 0.6) is 5.75 Å². The molecule has 0 saturated carbocycles. The summed E-state index contributed by atoms with van der Waals surface area (Å²) < 4.78 is 8.34. The minimum atomic E-state index is -1.03. The summed E-state index contributed by atoms with van der Waals surface area (Å²) in [7, 11) is 7.85. The molecule has 4 rings (SSSR count). The number of benzene rings is 2. The van der Waals surface area contributed by atoms with Crippen molar-refractivity contribution >= 4 is 23.3 Å². The molecule has 7 nitrogen and oxygen atoms in total. The second-order valence-electron chi connectivity index (χ2n) is 8.88. The standard InChI is InChI=1S/C27H29N3O4/c1-6-28-26(31)16-7-10-19(27(32)33)20(13-16)25-21-14-17(29(2)3)8-11-23(21)34-24-12-9-18(30(4)5)15-22(24)25/h7-15,23,25H,6H2,1-5H3,(H-,28,31,32,33)/p+1. The lowest BCUT2D eigenvalue weighted by Crippen LogP contribution is -2.32. The van der Waals surface area contributed by atoms with Crippen LogP contribution in [-0.2, 0) is 0 Å². The molecule has 0 spiro atoms. The molecule has 34 heavy (non-hydrogen) atoms. The Labute approximate surface area is 199 Å². The third-order valence-corrected chi connectivity index (χ3v) is 6.20. The molecule has 1 amide bonds. The minimum Gasteiger partial charge on any atom is -0.482 e. The molecule has 1 heterocycles. The number of hydrogen-bond acceptors (Lipinski definition) is 4. The third-order valence-electron chi connectivity index (χ3n) is 6.20. The van der Waals surface area contributed by atoms with Crippen LogP contribution in [0.1, 0.15) is 44.7 Å². The molecule has 2 unspecified atom stereocenters. The van der Waals surface area contributed by atoms with Crippen molar-refractivity contribution in [2.45, 2.75) is 18.9 Å². The van der Waals surface area contributed by atoms with Crippen LogP contribution in [0.2, 0.25) is 0 Å². The van der Waals surface area contributed by atoms with Crippen LogP contribution in [-0.4, -0.2) is 68.1 Å². The number of allylic oxidation sites excluding steroid dienone is 2. The smallest absolute Gasteiger partial charge is 0.335 e. The Morgan fingerprint density at radius 3 is 2.53 bits per heavy atom. The maximum absolute atomic E-state index is 12.6. The van der Waals surface area contributed by atoms with Crippen LogP contribution >= 0.6 is 0 Å². The topological polar surface area (TPSA) is 81.9 Å². The first-order valence-corrected chi connectivity index (χ1v) is 11.3. The van der Waals surface area contributed by atoms with Crippen molar-refractivity contribution in [3.8, 4) is 5.75 Å². The Morgan fingerprint density at radius 1 is 1.12 bits per heavy atom. The lowest BCUT2D eigenvalue weighted by Gasteiger charge is -2.36. The van der Waals surface area contributed by atoms with Crippen molar-refractivity contribution in [2.75, 3.05) is 39.6 Å². The molecule has 2 aromatic carbocycles. The number of hydrogen-bond donors (Lipinski definition) is 2. The Kier molecular flexibility index (Phi) is 6.28. The summed E-state index contributed by atoms with van der Waals surface area (Å²) in [6.07, 6.45) is 5.73. The van der Waals surface area contributed by atoms with Crippen LogP contribution in [0, 0.1) is 0 Å². The Hall–Kier alpha value is -3.87. The van der Waals surface area contributed by atoms with Gasteiger partial charge in [-0.05, 0) is 60.5 Å². The molecule has 2 aromatic rings. The molecular formula is C27H30N3O4+. The fraction of sp³-hybridized carbons (Fsp3) is 0.296. The zero-order valence-corrected chi connectivity index (χ0v) is 20.1. The van der Waals surface area contributed by atoms with Gasteiger partial charge in [-0.25, -0.2) is 9.37 Å². The molecular weight excluding hydrogens is 430 g/mol. The van der Waals surface area contributed by atoms with Crippen molar-refractivity contribution in [1.82, 2.24) is 5.32 Å². The first kappa shape index (κ1) is 23.3. The van der Waals surface area contributed by atoms with E-state index in [-0.39, 0.29) is 17.6 Å². The van der Waals surface area contributed by atoms with Gasteiger partial charge in [0, 0.05) is 55.5 Å². The SMILES string of the molecule is CCNC(=O)c1ccc(C(=O)O)c(C2C3=CC(=[N+](C)C)C=CC3Oc3ccc(N(C)C)cc32)c1. The van der Waals surface area contributed by atoms with Gasteiger partial charge in [0.25, 0.3) is 5.91 Å². The van der Waals surface area contributed by atoms with Crippen LogP contribution < -0.4 is 15.0 Å². The normalized spacial score (nSPS) is 18.3. The highest BCUT2D eigenvalue weighted by Crippen LogP contribution is 2.47. The number of rotatable bonds is 5. The van der Waals surface area contributed by atoms with E-state index in [0.717, 1.165) is 22.5 Å². The van der Waals surface area contributed by atoms with E-state index in [1.54, 1.807) is 12.1 Å². The molecule has 2 aliphatic rings. The molecule has 0 radical (unpaired) electrons. The van der Waals surface area contributed by atoms with Crippen LogP contribution in [0.25, 0.3) is 0 Å². The molecule has 1 aliphatic heterocycles. The van der Waals surface area contributed by atoms with E-state index in [1.165, 1.54) is 6.07 Å². The number of carbonyl (C=O) groups is 2. The lowest BCUT2D eigenvalue weighted by atomic mass is 9.76. The molecule has 0 saturated heterocycles. The van der Waals surface area contributed by atoms with Gasteiger partial charge in [-0.2, -0.15) is 0 Å². The summed E-state index contributed by atoms with van der Waals surface area (Å²) in [6.45, 7) is 2.34. The van der Waals surface area contributed by atoms with Gasteiger partial charge in [-0.1, -0.05) is 0 Å². The number of nitrogens with zero attached hydrogens (tertiary/aromatic N) is 2. The van der Waals surface area contributed by atoms with Crippen molar-refractivity contribution in [3.63, 3.8) is 0 Å². The number of carbonyl (C=O) groups excluding carboxylic acids is 1. The van der Waals surface area contributed by atoms with Gasteiger partial charge < -0.3 is 20.1 Å². The molecule has 2 atom stereocenters. The van der Waals surface area contributed by atoms with Gasteiger partial charge in [0.05, 0.1) is 5.56 Å². The first-order valence-electron chi connectivity index (χ1n) is 11.3. The van der Waals surface area contributed by atoms with Gasteiger partial charge >= 0.3 is 5.97 Å². The Bertz CT molecular complexity index is 1250. The minimum absolute atomic E-state index is 0.168. The average Bonchev–Trinajstić information content (AvgIpc) is 2.81. The summed E-state index contributed by atoms with van der Waals surface area (Å²) in [5.74, 6) is -0.955. The van der Waals surface area contributed by atoms with Gasteiger partial charge in [-0.15, -0.1) is 0 Å². The molecule has 1 aliphatic carbocycles. The first-order chi connectivity index (χ1) is 16.2. The van der Waals surface area contributed by atoms with Crippen molar-refractivity contribution in [3.05, 3.63) is 82.5 Å². The number of aromatic carboxylic acids is 1. The number of anilines is 1. The predicted molar refractivity (Wildman–Crippen MR) is 133 cm³/mol. The van der Waals surface area contributed by atoms with Gasteiger partial charge in [0.15, 0.2) is 5.71 Å². The maximum atomic E-state index is 12.6. The monoisotopic (exact) mass is 460 g/mol. The fourth-order valence-corrected chi connectivity index (χ4v) is 4.44. The molecule has 0 bridgehead atoms. The van der Waals surface area contributed by atoms with E-state index in [0.29, 0.717) is 23.4 Å². The lowest BCUT2D eigenvalue weighted by molar-refractivity contribution is -0.462. The van der Waals surface area contributed by atoms with E-state index in [2.05, 4.69) is 11.4 Å². The van der Waals surface area contributed by atoms with E-state index < -0.39 is 11.9 Å². The van der Waals surface area contributed by atoms with Crippen LogP contribution in [0.3, 0.4) is 0 Å². The third kappa shape index (κ3) is 4.21. The van der Waals surface area contributed by atoms with E-state index in [9.17, 15) is 14.7 Å². The second-order valence-corrected chi connectivity index (χ2v) is 8.88. The highest BCUT2D eigenvalue weighted by molar-refractivity contribution is 6.03. The number of amides is 1. The Morgan fingerprint density at radius 2 is 1.88 bits per heavy atom. The van der Waals surface area contributed by atoms with Crippen LogP contribution in [0.15, 0.2) is 60.2 Å². The number of fused-ring (bicyclic) bond motifs is 2. The highest BCUT2D eigenvalue weighted by Gasteiger charge is 2.38. The predicted octanol–water partition coefficient (Wildman–Crippen LogP) is 3.30. The molecule has 176 valence electrons. The average molecular weight is 461 g/mol. The molecule has 2 N–H and O–H groups in total. The number of carboxylic acid groups (broad SMARTS) is 1. The zero-order valence-electron chi connectivity index (χ0n) is 20.1. The summed E-state index contributed by atoms with van der Waals surface area (Å²) >= 11 is 0. The maximum Gasteiger partial charge on any atom is 0.335 e. The zero-order chi connectivity index (χ0) is 24.6. The number of ether oxygens (including phenoxy) is 1. The second kappa shape index (κ2) is 9.17.